The van der Waals surface area contributed by atoms with Crippen molar-refractivity contribution < 1.29 is 18.3 Å². The van der Waals surface area contributed by atoms with Crippen molar-refractivity contribution in [1.82, 2.24) is 5.32 Å². The van der Waals surface area contributed by atoms with E-state index in [4.69, 9.17) is 4.74 Å². The van der Waals surface area contributed by atoms with Crippen molar-refractivity contribution in [3.05, 3.63) is 34.9 Å². The fraction of sp³-hybridized carbons (Fsp3) is 0.417. The summed E-state index contributed by atoms with van der Waals surface area (Å²) in [4.78, 5) is 11.6. The van der Waals surface area contributed by atoms with Gasteiger partial charge >= 0.3 is 5.97 Å². The van der Waals surface area contributed by atoms with E-state index in [1.165, 1.54) is 19.2 Å². The molecule has 0 amide bonds. The van der Waals surface area contributed by atoms with Crippen LogP contribution in [0.4, 0.5) is 8.78 Å². The molecule has 0 spiro atoms. The van der Waals surface area contributed by atoms with E-state index < -0.39 is 17.2 Å². The Morgan fingerprint density at radius 3 is 2.88 bits per heavy atom. The molecule has 0 bridgehead atoms. The van der Waals surface area contributed by atoms with Gasteiger partial charge in [-0.25, -0.2) is 8.78 Å². The summed E-state index contributed by atoms with van der Waals surface area (Å²) in [5.74, 6) is -2.15. The highest BCUT2D eigenvalue weighted by atomic mass is 19.2. The van der Waals surface area contributed by atoms with Crippen LogP contribution in [-0.2, 0) is 16.1 Å². The average molecular weight is 239 g/mol. The predicted molar refractivity (Wildman–Crippen MR) is 55.3 cm³/mol. The highest BCUT2D eigenvalue weighted by Crippen LogP contribution is 2.55. The quantitative estimate of drug-likeness (QED) is 0.754. The van der Waals surface area contributed by atoms with Gasteiger partial charge in [0.1, 0.15) is 5.54 Å². The molecule has 0 radical (unpaired) electrons. The topological polar surface area (TPSA) is 38.3 Å². The van der Waals surface area contributed by atoms with Crippen molar-refractivity contribution in [2.75, 3.05) is 7.11 Å². The largest absolute Gasteiger partial charge is 0.468 e. The van der Waals surface area contributed by atoms with Gasteiger partial charge < -0.3 is 4.74 Å². The molecule has 1 aliphatic carbocycles. The Hall–Kier alpha value is -1.49. The van der Waals surface area contributed by atoms with Crippen LogP contribution in [0, 0.1) is 11.6 Å². The lowest BCUT2D eigenvalue weighted by Crippen LogP contribution is -2.43. The third kappa shape index (κ3) is 1.32. The maximum absolute atomic E-state index is 13.2. The third-order valence-corrected chi connectivity index (χ3v) is 3.66. The Balaban J connectivity index is 2.02. The fourth-order valence-corrected chi connectivity index (χ4v) is 2.65. The van der Waals surface area contributed by atoms with E-state index in [0.717, 1.165) is 0 Å². The van der Waals surface area contributed by atoms with E-state index in [1.54, 1.807) is 0 Å². The van der Waals surface area contributed by atoms with Gasteiger partial charge in [-0.2, -0.15) is 0 Å². The van der Waals surface area contributed by atoms with E-state index in [-0.39, 0.29) is 11.9 Å². The van der Waals surface area contributed by atoms with Crippen LogP contribution in [0.2, 0.25) is 0 Å². The first-order chi connectivity index (χ1) is 8.08. The van der Waals surface area contributed by atoms with E-state index in [1.807, 2.05) is 0 Å². The molecule has 0 saturated heterocycles. The second-order valence-electron chi connectivity index (χ2n) is 4.54. The molecule has 1 heterocycles. The van der Waals surface area contributed by atoms with Crippen LogP contribution in [0.3, 0.4) is 0 Å². The normalized spacial score (nSPS) is 29.2. The first-order valence-electron chi connectivity index (χ1n) is 5.40. The molecule has 3 rings (SSSR count). The Kier molecular flexibility index (Phi) is 2.04. The maximum Gasteiger partial charge on any atom is 0.326 e. The average Bonchev–Trinajstić information content (AvgIpc) is 3.06. The summed E-state index contributed by atoms with van der Waals surface area (Å²) >= 11 is 0. The van der Waals surface area contributed by atoms with Gasteiger partial charge in [-0.1, -0.05) is 0 Å². The SMILES string of the molecule is COC(=O)[C@@]12C[C@H]1c1cc(F)c(F)cc1CN2. The van der Waals surface area contributed by atoms with Crippen LogP contribution >= 0.6 is 0 Å². The zero-order valence-electron chi connectivity index (χ0n) is 9.22. The molecule has 1 aromatic rings. The number of benzene rings is 1. The molecular weight excluding hydrogens is 228 g/mol. The molecule has 1 saturated carbocycles. The number of ether oxygens (including phenoxy) is 1. The van der Waals surface area contributed by atoms with Gasteiger partial charge in [-0.05, 0) is 29.7 Å². The van der Waals surface area contributed by atoms with Crippen molar-refractivity contribution in [1.29, 1.82) is 0 Å². The summed E-state index contributed by atoms with van der Waals surface area (Å²) in [7, 11) is 1.33. The van der Waals surface area contributed by atoms with Gasteiger partial charge in [0.05, 0.1) is 7.11 Å². The highest BCUT2D eigenvalue weighted by Gasteiger charge is 2.63. The van der Waals surface area contributed by atoms with Crippen LogP contribution in [-0.4, -0.2) is 18.6 Å². The van der Waals surface area contributed by atoms with Gasteiger partial charge in [0.25, 0.3) is 0 Å². The zero-order chi connectivity index (χ0) is 12.2. The van der Waals surface area contributed by atoms with Crippen LogP contribution in [0.25, 0.3) is 0 Å². The van der Waals surface area contributed by atoms with Crippen LogP contribution in [0.15, 0.2) is 12.1 Å². The number of hydrogen-bond acceptors (Lipinski definition) is 3. The van der Waals surface area contributed by atoms with Gasteiger partial charge in [0, 0.05) is 12.5 Å². The molecule has 0 unspecified atom stereocenters. The Morgan fingerprint density at radius 2 is 2.18 bits per heavy atom. The number of esters is 1. The van der Waals surface area contributed by atoms with E-state index in [0.29, 0.717) is 24.1 Å². The summed E-state index contributed by atoms with van der Waals surface area (Å²) in [6.45, 7) is 0.359. The molecule has 1 N–H and O–H groups in total. The number of hydrogen-bond donors (Lipinski definition) is 1. The highest BCUT2D eigenvalue weighted by molar-refractivity contribution is 5.87. The standard InChI is InChI=1S/C12H11F2NO2/c1-17-11(16)12-4-8(12)7-3-10(14)9(13)2-6(7)5-15-12/h2-3,8,15H,4-5H2,1H3/t8-,12+/m0/s1. The molecule has 3 nitrogen and oxygen atoms in total. The van der Waals surface area contributed by atoms with E-state index in [2.05, 4.69) is 5.32 Å². The number of halogens is 2. The lowest BCUT2D eigenvalue weighted by Gasteiger charge is -2.24. The molecule has 1 aliphatic heterocycles. The van der Waals surface area contributed by atoms with Crippen LogP contribution in [0.1, 0.15) is 23.5 Å². The first-order valence-corrected chi connectivity index (χ1v) is 5.40. The lowest BCUT2D eigenvalue weighted by molar-refractivity contribution is -0.144. The Morgan fingerprint density at radius 1 is 1.47 bits per heavy atom. The van der Waals surface area contributed by atoms with Gasteiger partial charge in [-0.3, -0.25) is 10.1 Å². The van der Waals surface area contributed by atoms with Crippen molar-refractivity contribution in [3.63, 3.8) is 0 Å². The molecule has 2 atom stereocenters. The summed E-state index contributed by atoms with van der Waals surface area (Å²) in [5, 5.41) is 3.06. The van der Waals surface area contributed by atoms with Crippen LogP contribution < -0.4 is 5.32 Å². The molecular formula is C12H11F2NO2. The maximum atomic E-state index is 13.2. The molecule has 90 valence electrons. The summed E-state index contributed by atoms with van der Waals surface area (Å²) in [5.41, 5.74) is 0.713. The summed E-state index contributed by atoms with van der Waals surface area (Å²) < 4.78 is 31.0. The minimum atomic E-state index is -0.865. The minimum Gasteiger partial charge on any atom is -0.468 e. The minimum absolute atomic E-state index is 0.103. The van der Waals surface area contributed by atoms with E-state index in [9.17, 15) is 13.6 Å². The van der Waals surface area contributed by atoms with Crippen molar-refractivity contribution in [3.8, 4) is 0 Å². The predicted octanol–water partition coefficient (Wildman–Crippen LogP) is 1.47. The molecule has 5 heteroatoms. The van der Waals surface area contributed by atoms with Crippen LogP contribution in [0.5, 0.6) is 0 Å². The molecule has 0 aromatic heterocycles. The first kappa shape index (κ1) is 10.7. The number of carbonyl (C=O) groups excluding carboxylic acids is 1. The third-order valence-electron chi connectivity index (χ3n) is 3.66. The van der Waals surface area contributed by atoms with Crippen molar-refractivity contribution in [2.45, 2.75) is 24.4 Å². The Bertz CT molecular complexity index is 517. The second-order valence-corrected chi connectivity index (χ2v) is 4.54. The number of nitrogens with one attached hydrogen (secondary N) is 1. The summed E-state index contributed by atoms with van der Waals surface area (Å²) in [6.07, 6.45) is 0.581. The monoisotopic (exact) mass is 239 g/mol. The van der Waals surface area contributed by atoms with E-state index >= 15 is 0 Å². The Labute approximate surface area is 96.8 Å². The van der Waals surface area contributed by atoms with Gasteiger partial charge in [0.15, 0.2) is 11.6 Å². The van der Waals surface area contributed by atoms with Crippen molar-refractivity contribution >= 4 is 5.97 Å². The molecule has 2 aliphatic rings. The molecule has 1 aromatic carbocycles. The second kappa shape index (κ2) is 3.26. The van der Waals surface area contributed by atoms with Gasteiger partial charge in [-0.15, -0.1) is 0 Å². The van der Waals surface area contributed by atoms with Crippen molar-refractivity contribution in [2.24, 2.45) is 0 Å². The summed E-state index contributed by atoms with van der Waals surface area (Å²) in [6, 6.07) is 2.39. The molecule has 17 heavy (non-hydrogen) atoms. The molecule has 1 fully saturated rings. The number of fused-ring (bicyclic) bond motifs is 3. The smallest absolute Gasteiger partial charge is 0.326 e. The lowest BCUT2D eigenvalue weighted by atomic mass is 9.95. The number of carbonyl (C=O) groups is 1. The number of methoxy groups -OCH3 is 1. The van der Waals surface area contributed by atoms with Gasteiger partial charge in [0.2, 0.25) is 0 Å². The zero-order valence-corrected chi connectivity index (χ0v) is 9.22. The number of rotatable bonds is 1. The fourth-order valence-electron chi connectivity index (χ4n) is 2.65.